The van der Waals surface area contributed by atoms with E-state index in [1.54, 1.807) is 0 Å². The molecule has 3 aromatic carbocycles. The van der Waals surface area contributed by atoms with E-state index in [2.05, 4.69) is 26.6 Å². The average molecular weight is 451 g/mol. The molecule has 0 saturated carbocycles. The van der Waals surface area contributed by atoms with Crippen molar-refractivity contribution in [1.29, 1.82) is 0 Å². The van der Waals surface area contributed by atoms with Crippen LogP contribution in [0.3, 0.4) is 0 Å². The molecule has 0 saturated heterocycles. The third-order valence-electron chi connectivity index (χ3n) is 4.81. The lowest BCUT2D eigenvalue weighted by Crippen LogP contribution is -2.36. The summed E-state index contributed by atoms with van der Waals surface area (Å²) >= 11 is 3.47. The summed E-state index contributed by atoms with van der Waals surface area (Å²) in [5, 5.41) is 5.63. The summed E-state index contributed by atoms with van der Waals surface area (Å²) in [5.41, 5.74) is 4.68. The molecule has 0 bridgehead atoms. The van der Waals surface area contributed by atoms with Crippen LogP contribution in [0.2, 0.25) is 0 Å². The molecule has 0 radical (unpaired) electrons. The van der Waals surface area contributed by atoms with Crippen molar-refractivity contribution in [2.45, 2.75) is 19.8 Å². The lowest BCUT2D eigenvalue weighted by atomic mass is 9.90. The molecule has 0 aliphatic carbocycles. The summed E-state index contributed by atoms with van der Waals surface area (Å²) in [6.45, 7) is 3.90. The van der Waals surface area contributed by atoms with Crippen LogP contribution in [0.15, 0.2) is 77.3 Å². The van der Waals surface area contributed by atoms with Gasteiger partial charge in [-0.2, -0.15) is 0 Å². The number of benzene rings is 3. The van der Waals surface area contributed by atoms with Crippen LogP contribution in [-0.4, -0.2) is 18.4 Å². The standard InChI is InChI=1S/C24H23BrN2O2/c1-16-13-20(25)21(14-17(16)2)27-22(28)15-26-24(29)23(18-9-5-3-6-10-18)19-11-7-4-8-12-19/h3-14,23H,15H2,1-2H3,(H,26,29)(H,27,28). The molecule has 3 aromatic rings. The molecule has 0 aromatic heterocycles. The molecule has 0 aliphatic heterocycles. The van der Waals surface area contributed by atoms with Gasteiger partial charge in [0.2, 0.25) is 11.8 Å². The molecule has 29 heavy (non-hydrogen) atoms. The number of carbonyl (C=O) groups is 2. The number of hydrogen-bond donors (Lipinski definition) is 2. The third kappa shape index (κ3) is 5.33. The molecule has 2 amide bonds. The predicted molar refractivity (Wildman–Crippen MR) is 120 cm³/mol. The van der Waals surface area contributed by atoms with Crippen LogP contribution in [0.1, 0.15) is 28.2 Å². The zero-order valence-electron chi connectivity index (χ0n) is 16.4. The highest BCUT2D eigenvalue weighted by molar-refractivity contribution is 9.10. The van der Waals surface area contributed by atoms with E-state index in [0.717, 1.165) is 26.7 Å². The van der Waals surface area contributed by atoms with Gasteiger partial charge in [-0.25, -0.2) is 0 Å². The fraction of sp³-hybridized carbons (Fsp3) is 0.167. The highest BCUT2D eigenvalue weighted by atomic mass is 79.9. The van der Waals surface area contributed by atoms with Crippen molar-refractivity contribution in [3.8, 4) is 0 Å². The van der Waals surface area contributed by atoms with E-state index < -0.39 is 5.92 Å². The highest BCUT2D eigenvalue weighted by Crippen LogP contribution is 2.26. The van der Waals surface area contributed by atoms with Crippen molar-refractivity contribution in [2.24, 2.45) is 0 Å². The predicted octanol–water partition coefficient (Wildman–Crippen LogP) is 4.95. The lowest BCUT2D eigenvalue weighted by Gasteiger charge is -2.18. The topological polar surface area (TPSA) is 58.2 Å². The monoisotopic (exact) mass is 450 g/mol. The Balaban J connectivity index is 1.70. The molecular weight excluding hydrogens is 428 g/mol. The van der Waals surface area contributed by atoms with Crippen molar-refractivity contribution in [3.63, 3.8) is 0 Å². The summed E-state index contributed by atoms with van der Waals surface area (Å²) in [4.78, 5) is 25.4. The minimum atomic E-state index is -0.474. The zero-order valence-corrected chi connectivity index (χ0v) is 18.0. The normalized spacial score (nSPS) is 10.6. The smallest absolute Gasteiger partial charge is 0.243 e. The zero-order chi connectivity index (χ0) is 20.8. The molecule has 0 spiro atoms. The van der Waals surface area contributed by atoms with Gasteiger partial charge in [-0.1, -0.05) is 60.7 Å². The van der Waals surface area contributed by atoms with Gasteiger partial charge in [-0.05, 0) is 64.2 Å². The lowest BCUT2D eigenvalue weighted by molar-refractivity contribution is -0.124. The number of nitrogens with one attached hydrogen (secondary N) is 2. The Bertz CT molecular complexity index is 965. The summed E-state index contributed by atoms with van der Waals surface area (Å²) in [6, 6.07) is 23.0. The van der Waals surface area contributed by atoms with Gasteiger partial charge in [0.1, 0.15) is 0 Å². The van der Waals surface area contributed by atoms with Crippen molar-refractivity contribution in [3.05, 3.63) is 99.5 Å². The molecule has 4 nitrogen and oxygen atoms in total. The van der Waals surface area contributed by atoms with Gasteiger partial charge in [0, 0.05) is 4.47 Å². The Morgan fingerprint density at radius 3 is 1.93 bits per heavy atom. The van der Waals surface area contributed by atoms with Crippen LogP contribution in [-0.2, 0) is 9.59 Å². The number of hydrogen-bond acceptors (Lipinski definition) is 2. The van der Waals surface area contributed by atoms with Gasteiger partial charge < -0.3 is 10.6 Å². The average Bonchev–Trinajstić information content (AvgIpc) is 2.72. The first kappa shape index (κ1) is 20.8. The number of rotatable bonds is 6. The van der Waals surface area contributed by atoms with E-state index in [9.17, 15) is 9.59 Å². The number of amides is 2. The number of halogens is 1. The number of aryl methyl sites for hydroxylation is 2. The van der Waals surface area contributed by atoms with E-state index in [0.29, 0.717) is 5.69 Å². The minimum Gasteiger partial charge on any atom is -0.346 e. The van der Waals surface area contributed by atoms with Crippen molar-refractivity contribution >= 4 is 33.4 Å². The fourth-order valence-electron chi connectivity index (χ4n) is 3.13. The van der Waals surface area contributed by atoms with Crippen LogP contribution in [0.25, 0.3) is 0 Å². The summed E-state index contributed by atoms with van der Waals surface area (Å²) in [6.07, 6.45) is 0. The molecule has 0 fully saturated rings. The van der Waals surface area contributed by atoms with Gasteiger partial charge in [0.25, 0.3) is 0 Å². The second-order valence-corrected chi connectivity index (χ2v) is 7.79. The molecule has 3 rings (SSSR count). The van der Waals surface area contributed by atoms with Gasteiger partial charge in [-0.3, -0.25) is 9.59 Å². The van der Waals surface area contributed by atoms with Gasteiger partial charge >= 0.3 is 0 Å². The Kier molecular flexibility index (Phi) is 6.83. The molecule has 0 heterocycles. The van der Waals surface area contributed by atoms with Gasteiger partial charge in [0.15, 0.2) is 0 Å². The van der Waals surface area contributed by atoms with Crippen LogP contribution in [0, 0.1) is 13.8 Å². The second-order valence-electron chi connectivity index (χ2n) is 6.94. The van der Waals surface area contributed by atoms with Crippen LogP contribution in [0.5, 0.6) is 0 Å². The Labute approximate surface area is 179 Å². The molecule has 2 N–H and O–H groups in total. The number of carbonyl (C=O) groups excluding carboxylic acids is 2. The first-order valence-electron chi connectivity index (χ1n) is 9.40. The quantitative estimate of drug-likeness (QED) is 0.557. The molecule has 5 heteroatoms. The minimum absolute atomic E-state index is 0.103. The van der Waals surface area contributed by atoms with Crippen molar-refractivity contribution in [2.75, 3.05) is 11.9 Å². The maximum Gasteiger partial charge on any atom is 0.243 e. The van der Waals surface area contributed by atoms with Crippen molar-refractivity contribution in [1.82, 2.24) is 5.32 Å². The maximum atomic E-state index is 13.0. The largest absolute Gasteiger partial charge is 0.346 e. The summed E-state index contributed by atoms with van der Waals surface area (Å²) < 4.78 is 0.812. The molecular formula is C24H23BrN2O2. The van der Waals surface area contributed by atoms with Crippen molar-refractivity contribution < 1.29 is 9.59 Å². The van der Waals surface area contributed by atoms with E-state index in [1.807, 2.05) is 86.6 Å². The molecule has 148 valence electrons. The second kappa shape index (κ2) is 9.52. The van der Waals surface area contributed by atoms with Gasteiger partial charge in [-0.15, -0.1) is 0 Å². The van der Waals surface area contributed by atoms with E-state index >= 15 is 0 Å². The Morgan fingerprint density at radius 2 is 1.38 bits per heavy atom. The molecule has 0 aliphatic rings. The molecule has 0 unspecified atom stereocenters. The fourth-order valence-corrected chi connectivity index (χ4v) is 3.68. The maximum absolute atomic E-state index is 13.0. The SMILES string of the molecule is Cc1cc(Br)c(NC(=O)CNC(=O)C(c2ccccc2)c2ccccc2)cc1C. The van der Waals surface area contributed by atoms with Crippen LogP contribution >= 0.6 is 15.9 Å². The first-order chi connectivity index (χ1) is 14.0. The van der Waals surface area contributed by atoms with Crippen LogP contribution in [0.4, 0.5) is 5.69 Å². The van der Waals surface area contributed by atoms with E-state index in [-0.39, 0.29) is 18.4 Å². The summed E-state index contributed by atoms with van der Waals surface area (Å²) in [7, 11) is 0. The van der Waals surface area contributed by atoms with Crippen LogP contribution < -0.4 is 10.6 Å². The van der Waals surface area contributed by atoms with E-state index in [4.69, 9.17) is 0 Å². The van der Waals surface area contributed by atoms with Gasteiger partial charge in [0.05, 0.1) is 18.2 Å². The highest BCUT2D eigenvalue weighted by Gasteiger charge is 2.23. The number of anilines is 1. The summed E-state index contributed by atoms with van der Waals surface area (Å²) in [5.74, 6) is -0.961. The Hall–Kier alpha value is -2.92. The Morgan fingerprint density at radius 1 is 0.862 bits per heavy atom. The third-order valence-corrected chi connectivity index (χ3v) is 5.46. The molecule has 0 atom stereocenters. The van der Waals surface area contributed by atoms with E-state index in [1.165, 1.54) is 0 Å². The first-order valence-corrected chi connectivity index (χ1v) is 10.2.